The van der Waals surface area contributed by atoms with E-state index in [4.69, 9.17) is 0 Å². The number of carbonyl (C=O) groups is 1. The SMILES string of the molecule is Cc1cc(C(=O)CN2CCN(CCN(C)C)CC2)c(C)s1. The Morgan fingerprint density at radius 1 is 1.19 bits per heavy atom. The number of likely N-dealkylation sites (N-methyl/N-ethyl adjacent to an activating group) is 1. The first kappa shape index (κ1) is 16.6. The van der Waals surface area contributed by atoms with Gasteiger partial charge in [-0.3, -0.25) is 14.6 Å². The highest BCUT2D eigenvalue weighted by Crippen LogP contribution is 2.21. The van der Waals surface area contributed by atoms with Crippen LogP contribution < -0.4 is 0 Å². The van der Waals surface area contributed by atoms with Gasteiger partial charge >= 0.3 is 0 Å². The van der Waals surface area contributed by atoms with E-state index >= 15 is 0 Å². The molecule has 0 bridgehead atoms. The molecular weight excluding hydrogens is 282 g/mol. The molecule has 1 aromatic heterocycles. The molecule has 0 amide bonds. The summed E-state index contributed by atoms with van der Waals surface area (Å²) >= 11 is 1.72. The fourth-order valence-corrected chi connectivity index (χ4v) is 3.65. The molecule has 0 radical (unpaired) electrons. The Kier molecular flexibility index (Phi) is 5.93. The third-order valence-corrected chi connectivity index (χ3v) is 5.00. The first-order valence-corrected chi connectivity index (χ1v) is 8.47. The number of hydrogen-bond donors (Lipinski definition) is 0. The third-order valence-electron chi connectivity index (χ3n) is 4.04. The molecule has 5 heteroatoms. The van der Waals surface area contributed by atoms with Gasteiger partial charge < -0.3 is 4.90 Å². The maximum atomic E-state index is 12.4. The highest BCUT2D eigenvalue weighted by Gasteiger charge is 2.20. The van der Waals surface area contributed by atoms with Crippen molar-refractivity contribution in [3.05, 3.63) is 21.4 Å². The minimum absolute atomic E-state index is 0.276. The van der Waals surface area contributed by atoms with Crippen molar-refractivity contribution in [2.24, 2.45) is 0 Å². The van der Waals surface area contributed by atoms with Gasteiger partial charge in [0.05, 0.1) is 6.54 Å². The summed E-state index contributed by atoms with van der Waals surface area (Å²) in [4.78, 5) is 21.8. The average Bonchev–Trinajstić information content (AvgIpc) is 2.77. The molecule has 1 aliphatic rings. The molecule has 4 nitrogen and oxygen atoms in total. The summed E-state index contributed by atoms with van der Waals surface area (Å²) in [5, 5.41) is 0. The summed E-state index contributed by atoms with van der Waals surface area (Å²) in [6, 6.07) is 2.04. The smallest absolute Gasteiger partial charge is 0.177 e. The quantitative estimate of drug-likeness (QED) is 0.748. The highest BCUT2D eigenvalue weighted by molar-refractivity contribution is 7.12. The van der Waals surface area contributed by atoms with Crippen LogP contribution in [0.2, 0.25) is 0 Å². The first-order chi connectivity index (χ1) is 9.95. The predicted molar refractivity (Wildman–Crippen MR) is 89.6 cm³/mol. The molecule has 0 unspecified atom stereocenters. The van der Waals surface area contributed by atoms with Crippen LogP contribution in [-0.2, 0) is 0 Å². The van der Waals surface area contributed by atoms with Gasteiger partial charge in [0.1, 0.15) is 0 Å². The third kappa shape index (κ3) is 4.88. The number of thiophene rings is 1. The van der Waals surface area contributed by atoms with Crippen LogP contribution in [0.25, 0.3) is 0 Å². The van der Waals surface area contributed by atoms with E-state index in [1.165, 1.54) is 4.88 Å². The minimum Gasteiger partial charge on any atom is -0.308 e. The number of hydrogen-bond acceptors (Lipinski definition) is 5. The van der Waals surface area contributed by atoms with Crippen LogP contribution in [0.1, 0.15) is 20.1 Å². The molecule has 2 rings (SSSR count). The molecule has 21 heavy (non-hydrogen) atoms. The minimum atomic E-state index is 0.276. The summed E-state index contributed by atoms with van der Waals surface area (Å²) in [5.41, 5.74) is 0.924. The second-order valence-electron chi connectivity index (χ2n) is 6.17. The molecule has 0 aliphatic carbocycles. The lowest BCUT2D eigenvalue weighted by Crippen LogP contribution is -2.49. The van der Waals surface area contributed by atoms with E-state index in [-0.39, 0.29) is 5.78 Å². The zero-order chi connectivity index (χ0) is 15.4. The van der Waals surface area contributed by atoms with Crippen molar-refractivity contribution in [1.82, 2.24) is 14.7 Å². The molecule has 1 aromatic rings. The summed E-state index contributed by atoms with van der Waals surface area (Å²) in [6.45, 7) is 11.1. The first-order valence-electron chi connectivity index (χ1n) is 7.65. The molecule has 0 N–H and O–H groups in total. The van der Waals surface area contributed by atoms with Crippen molar-refractivity contribution >= 4 is 17.1 Å². The molecule has 2 heterocycles. The normalized spacial score (nSPS) is 17.6. The van der Waals surface area contributed by atoms with Gasteiger partial charge in [-0.25, -0.2) is 0 Å². The molecule has 118 valence electrons. The van der Waals surface area contributed by atoms with Crippen molar-refractivity contribution in [2.45, 2.75) is 13.8 Å². The second-order valence-corrected chi connectivity index (χ2v) is 7.63. The summed E-state index contributed by atoms with van der Waals surface area (Å²) < 4.78 is 0. The van der Waals surface area contributed by atoms with E-state index in [1.54, 1.807) is 11.3 Å². The van der Waals surface area contributed by atoms with Gasteiger partial charge in [-0.05, 0) is 34.0 Å². The number of nitrogens with zero attached hydrogens (tertiary/aromatic N) is 3. The van der Waals surface area contributed by atoms with Crippen molar-refractivity contribution < 1.29 is 4.79 Å². The maximum absolute atomic E-state index is 12.4. The number of piperazine rings is 1. The molecular formula is C16H27N3OS. The molecule has 1 saturated heterocycles. The van der Waals surface area contributed by atoms with E-state index in [0.29, 0.717) is 6.54 Å². The maximum Gasteiger partial charge on any atom is 0.177 e. The van der Waals surface area contributed by atoms with Crippen molar-refractivity contribution in [2.75, 3.05) is 59.9 Å². The Morgan fingerprint density at radius 2 is 1.81 bits per heavy atom. The van der Waals surface area contributed by atoms with Crippen LogP contribution in [0, 0.1) is 13.8 Å². The van der Waals surface area contributed by atoms with Crippen LogP contribution in [0.15, 0.2) is 6.07 Å². The molecule has 1 fully saturated rings. The largest absolute Gasteiger partial charge is 0.308 e. The van der Waals surface area contributed by atoms with Crippen LogP contribution in [-0.4, -0.2) is 80.4 Å². The Bertz CT molecular complexity index is 476. The van der Waals surface area contributed by atoms with Gasteiger partial charge in [0, 0.05) is 54.6 Å². The van der Waals surface area contributed by atoms with E-state index in [9.17, 15) is 4.79 Å². The summed E-state index contributed by atoms with van der Waals surface area (Å²) in [7, 11) is 4.22. The van der Waals surface area contributed by atoms with Gasteiger partial charge in [-0.2, -0.15) is 0 Å². The number of aryl methyl sites for hydroxylation is 2. The average molecular weight is 309 g/mol. The zero-order valence-electron chi connectivity index (χ0n) is 13.7. The zero-order valence-corrected chi connectivity index (χ0v) is 14.5. The number of rotatable bonds is 6. The molecule has 0 spiro atoms. The number of ketones is 1. The lowest BCUT2D eigenvalue weighted by Gasteiger charge is -2.34. The van der Waals surface area contributed by atoms with Crippen molar-refractivity contribution in [1.29, 1.82) is 0 Å². The van der Waals surface area contributed by atoms with Gasteiger partial charge in [-0.15, -0.1) is 11.3 Å². The highest BCUT2D eigenvalue weighted by atomic mass is 32.1. The summed E-state index contributed by atoms with van der Waals surface area (Å²) in [5.74, 6) is 0.276. The molecule has 0 atom stereocenters. The fraction of sp³-hybridized carbons (Fsp3) is 0.688. The van der Waals surface area contributed by atoms with Gasteiger partial charge in [0.2, 0.25) is 0 Å². The number of carbonyl (C=O) groups excluding carboxylic acids is 1. The Labute approximate surface area is 132 Å². The van der Waals surface area contributed by atoms with Crippen molar-refractivity contribution in [3.8, 4) is 0 Å². The van der Waals surface area contributed by atoms with Crippen LogP contribution in [0.4, 0.5) is 0 Å². The Morgan fingerprint density at radius 3 is 2.33 bits per heavy atom. The molecule has 0 saturated carbocycles. The van der Waals surface area contributed by atoms with E-state index in [1.807, 2.05) is 13.0 Å². The Balaban J connectivity index is 1.78. The molecule has 1 aliphatic heterocycles. The van der Waals surface area contributed by atoms with Crippen LogP contribution in [0.5, 0.6) is 0 Å². The van der Waals surface area contributed by atoms with Crippen molar-refractivity contribution in [3.63, 3.8) is 0 Å². The topological polar surface area (TPSA) is 26.8 Å². The van der Waals surface area contributed by atoms with Gasteiger partial charge in [0.15, 0.2) is 5.78 Å². The second kappa shape index (κ2) is 7.49. The molecule has 0 aromatic carbocycles. The number of Topliss-reactive ketones (excluding diaryl/α,β-unsaturated/α-hetero) is 1. The standard InChI is InChI=1S/C16H27N3OS/c1-13-11-15(14(2)21-13)16(20)12-19-9-7-18(8-10-19)6-5-17(3)4/h11H,5-10,12H2,1-4H3. The van der Waals surface area contributed by atoms with E-state index in [0.717, 1.165) is 49.7 Å². The predicted octanol–water partition coefficient (Wildman–Crippen LogP) is 1.73. The fourth-order valence-electron chi connectivity index (χ4n) is 2.71. The lowest BCUT2D eigenvalue weighted by atomic mass is 10.1. The lowest BCUT2D eigenvalue weighted by molar-refractivity contribution is 0.0844. The van der Waals surface area contributed by atoms with Crippen LogP contribution >= 0.6 is 11.3 Å². The monoisotopic (exact) mass is 309 g/mol. The van der Waals surface area contributed by atoms with Crippen LogP contribution in [0.3, 0.4) is 0 Å². The van der Waals surface area contributed by atoms with E-state index < -0.39 is 0 Å². The Hall–Kier alpha value is -0.750. The van der Waals surface area contributed by atoms with E-state index in [2.05, 4.69) is 35.7 Å². The summed E-state index contributed by atoms with van der Waals surface area (Å²) in [6.07, 6.45) is 0. The van der Waals surface area contributed by atoms with Gasteiger partial charge in [0.25, 0.3) is 0 Å². The van der Waals surface area contributed by atoms with Gasteiger partial charge in [-0.1, -0.05) is 0 Å².